The van der Waals surface area contributed by atoms with Gasteiger partial charge in [0.15, 0.2) is 0 Å². The number of thiophene rings is 1. The minimum absolute atomic E-state index is 1.15. The molecule has 1 heterocycles. The van der Waals surface area contributed by atoms with Crippen LogP contribution < -0.4 is 0 Å². The fraction of sp³-hybridized carbons (Fsp3) is 0.0625. The van der Waals surface area contributed by atoms with E-state index in [-0.39, 0.29) is 0 Å². The third-order valence-corrected chi connectivity index (χ3v) is 7.42. The lowest BCUT2D eigenvalue weighted by atomic mass is 9.89. The molecule has 0 atom stereocenters. The molecule has 0 spiro atoms. The summed E-state index contributed by atoms with van der Waals surface area (Å²) in [5.41, 5.74) is 6.30. The van der Waals surface area contributed by atoms with E-state index >= 15 is 0 Å². The average molecular weight is 443 g/mol. The summed E-state index contributed by atoms with van der Waals surface area (Å²) >= 11 is 1.80. The summed E-state index contributed by atoms with van der Waals surface area (Å²) in [5, 5.41) is 5.26. The highest BCUT2D eigenvalue weighted by molar-refractivity contribution is 7.16. The van der Waals surface area contributed by atoms with E-state index in [1.807, 2.05) is 19.1 Å². The van der Waals surface area contributed by atoms with Crippen molar-refractivity contribution in [3.63, 3.8) is 0 Å². The molecule has 0 nitrogen and oxygen atoms in total. The minimum Gasteiger partial charge on any atom is -0.135 e. The Morgan fingerprint density at radius 3 is 1.88 bits per heavy atom. The van der Waals surface area contributed by atoms with Crippen LogP contribution in [0.2, 0.25) is 0 Å². The van der Waals surface area contributed by atoms with E-state index in [9.17, 15) is 0 Å². The summed E-state index contributed by atoms with van der Waals surface area (Å²) in [4.78, 5) is 2.50. The number of allylic oxidation sites excluding steroid dienone is 5. The van der Waals surface area contributed by atoms with E-state index in [1.165, 1.54) is 53.6 Å². The number of hydrogen-bond acceptors (Lipinski definition) is 1. The van der Waals surface area contributed by atoms with E-state index in [0.29, 0.717) is 0 Å². The van der Waals surface area contributed by atoms with Crippen molar-refractivity contribution in [1.29, 1.82) is 0 Å². The molecule has 0 aliphatic rings. The van der Waals surface area contributed by atoms with Crippen molar-refractivity contribution in [1.82, 2.24) is 0 Å². The highest BCUT2D eigenvalue weighted by Gasteiger charge is 2.13. The molecule has 0 saturated heterocycles. The molecule has 0 fully saturated rings. The normalized spacial score (nSPS) is 12.1. The third-order valence-electron chi connectivity index (χ3n) is 6.24. The molecule has 4 aromatic carbocycles. The van der Waals surface area contributed by atoms with Gasteiger partial charge in [0.1, 0.15) is 0 Å². The average Bonchev–Trinajstić information content (AvgIpc) is 3.35. The largest absolute Gasteiger partial charge is 0.135 e. The molecule has 5 rings (SSSR count). The zero-order chi connectivity index (χ0) is 22.8. The van der Waals surface area contributed by atoms with E-state index < -0.39 is 0 Å². The Morgan fingerprint density at radius 1 is 0.727 bits per heavy atom. The number of aryl methyl sites for hydroxylation is 1. The lowest BCUT2D eigenvalue weighted by Gasteiger charge is -2.15. The summed E-state index contributed by atoms with van der Waals surface area (Å²) in [6.07, 6.45) is 8.13. The first-order valence-corrected chi connectivity index (χ1v) is 12.1. The summed E-state index contributed by atoms with van der Waals surface area (Å²) < 4.78 is 0. The Bertz CT molecular complexity index is 1470. The lowest BCUT2D eigenvalue weighted by molar-refractivity contribution is 1.57. The van der Waals surface area contributed by atoms with Crippen molar-refractivity contribution >= 4 is 38.5 Å². The predicted molar refractivity (Wildman–Crippen MR) is 148 cm³/mol. The zero-order valence-electron chi connectivity index (χ0n) is 19.0. The second kappa shape index (κ2) is 9.05. The Kier molecular flexibility index (Phi) is 5.81. The van der Waals surface area contributed by atoms with Gasteiger partial charge in [0.05, 0.1) is 0 Å². The van der Waals surface area contributed by atoms with Gasteiger partial charge in [-0.25, -0.2) is 0 Å². The van der Waals surface area contributed by atoms with Gasteiger partial charge in [-0.05, 0) is 75.4 Å². The molecule has 5 aromatic rings. The van der Waals surface area contributed by atoms with Crippen LogP contribution in [0.1, 0.15) is 17.4 Å². The maximum atomic E-state index is 3.98. The molecule has 0 N–H and O–H groups in total. The number of hydrogen-bond donors (Lipinski definition) is 0. The van der Waals surface area contributed by atoms with Crippen LogP contribution in [-0.4, -0.2) is 0 Å². The van der Waals surface area contributed by atoms with Crippen LogP contribution in [0.5, 0.6) is 0 Å². The van der Waals surface area contributed by atoms with Gasteiger partial charge < -0.3 is 0 Å². The predicted octanol–water partition coefficient (Wildman–Crippen LogP) is 9.84. The van der Waals surface area contributed by atoms with Crippen LogP contribution in [-0.2, 0) is 0 Å². The molecule has 0 unspecified atom stereocenters. The molecule has 0 bridgehead atoms. The van der Waals surface area contributed by atoms with E-state index in [4.69, 9.17) is 0 Å². The smallest absolute Gasteiger partial charge is 0.0349 e. The van der Waals surface area contributed by atoms with E-state index in [1.54, 1.807) is 11.3 Å². The van der Waals surface area contributed by atoms with Crippen LogP contribution in [0.25, 0.3) is 48.7 Å². The Balaban J connectivity index is 1.60. The molecule has 1 aromatic heterocycles. The van der Waals surface area contributed by atoms with Gasteiger partial charge in [0, 0.05) is 9.75 Å². The van der Waals surface area contributed by atoms with Crippen molar-refractivity contribution < 1.29 is 0 Å². The monoisotopic (exact) mass is 442 g/mol. The van der Waals surface area contributed by atoms with Crippen molar-refractivity contribution in [2.75, 3.05) is 0 Å². The summed E-state index contributed by atoms with van der Waals surface area (Å²) in [5.74, 6) is 0. The van der Waals surface area contributed by atoms with E-state index in [0.717, 1.165) is 5.57 Å². The molecule has 0 aliphatic heterocycles. The highest BCUT2D eigenvalue weighted by Crippen LogP contribution is 2.40. The van der Waals surface area contributed by atoms with Gasteiger partial charge in [-0.15, -0.1) is 11.3 Å². The Labute approximate surface area is 199 Å². The Hall–Kier alpha value is -3.68. The second-order valence-corrected chi connectivity index (χ2v) is 9.27. The number of benzene rings is 4. The summed E-state index contributed by atoms with van der Waals surface area (Å²) in [6.45, 7) is 8.24. The maximum Gasteiger partial charge on any atom is 0.0349 e. The van der Waals surface area contributed by atoms with Crippen LogP contribution in [0.3, 0.4) is 0 Å². The molecular formula is C32H26S. The van der Waals surface area contributed by atoms with Gasteiger partial charge in [0.2, 0.25) is 0 Å². The van der Waals surface area contributed by atoms with Crippen molar-refractivity contribution in [2.24, 2.45) is 0 Å². The highest BCUT2D eigenvalue weighted by atomic mass is 32.1. The van der Waals surface area contributed by atoms with Gasteiger partial charge >= 0.3 is 0 Å². The number of fused-ring (bicyclic) bond motifs is 2. The van der Waals surface area contributed by atoms with Gasteiger partial charge in [-0.3, -0.25) is 0 Å². The van der Waals surface area contributed by atoms with Gasteiger partial charge in [-0.2, -0.15) is 0 Å². The van der Waals surface area contributed by atoms with Crippen LogP contribution in [0.15, 0.2) is 116 Å². The second-order valence-electron chi connectivity index (χ2n) is 8.18. The number of rotatable bonds is 5. The SMILES string of the molecule is C=C/C(=C\C=C/C)c1ccc(-c2ccc(-c3c4ccccc4c(C)c4ccccc34)cc2)s1. The topological polar surface area (TPSA) is 0 Å². The van der Waals surface area contributed by atoms with Crippen molar-refractivity contribution in [3.8, 4) is 21.6 Å². The first kappa shape index (κ1) is 21.2. The first-order valence-electron chi connectivity index (χ1n) is 11.3. The fourth-order valence-corrected chi connectivity index (χ4v) is 5.59. The summed E-state index contributed by atoms with van der Waals surface area (Å²) in [6, 6.07) is 30.9. The molecule has 1 heteroatoms. The van der Waals surface area contributed by atoms with Crippen LogP contribution >= 0.6 is 11.3 Å². The first-order chi connectivity index (χ1) is 16.2. The Morgan fingerprint density at radius 2 is 1.30 bits per heavy atom. The molecule has 0 radical (unpaired) electrons. The quantitative estimate of drug-likeness (QED) is 0.188. The fourth-order valence-electron chi connectivity index (χ4n) is 4.56. The standard InChI is InChI=1S/C32H26S/c1-4-6-11-23(5-2)30-20-21-31(33-30)24-16-18-25(19-17-24)32-28-14-9-7-12-26(28)22(3)27-13-8-10-15-29(27)32/h4-21H,2H2,1,3H3/b6-4-,23-11+. The summed E-state index contributed by atoms with van der Waals surface area (Å²) in [7, 11) is 0. The molecule has 0 saturated carbocycles. The van der Waals surface area contributed by atoms with Crippen LogP contribution in [0.4, 0.5) is 0 Å². The maximum absolute atomic E-state index is 3.98. The molecule has 33 heavy (non-hydrogen) atoms. The minimum atomic E-state index is 1.15. The van der Waals surface area contributed by atoms with Crippen molar-refractivity contribution in [2.45, 2.75) is 13.8 Å². The molecular weight excluding hydrogens is 416 g/mol. The molecule has 0 amide bonds. The van der Waals surface area contributed by atoms with Gasteiger partial charge in [-0.1, -0.05) is 104 Å². The van der Waals surface area contributed by atoms with E-state index in [2.05, 4.69) is 111 Å². The zero-order valence-corrected chi connectivity index (χ0v) is 19.8. The lowest BCUT2D eigenvalue weighted by Crippen LogP contribution is -1.89. The van der Waals surface area contributed by atoms with Crippen LogP contribution in [0, 0.1) is 6.92 Å². The van der Waals surface area contributed by atoms with Gasteiger partial charge in [0.25, 0.3) is 0 Å². The molecule has 160 valence electrons. The van der Waals surface area contributed by atoms with Crippen molar-refractivity contribution in [3.05, 3.63) is 126 Å². The third kappa shape index (κ3) is 3.86. The molecule has 0 aliphatic carbocycles.